The molecule has 0 heterocycles. The number of unbranched alkanes of at least 4 members (excludes halogenated alkanes) is 8. The molecule has 5 nitrogen and oxygen atoms in total. The van der Waals surface area contributed by atoms with Crippen LogP contribution in [0, 0.1) is 0 Å². The van der Waals surface area contributed by atoms with Gasteiger partial charge in [0.15, 0.2) is 6.10 Å². The Hall–Kier alpha value is -0.650. The SMILES string of the molecule is CCCCCCCCCCCC(=O)O[C@H](CCC)C[N+](C)(CCO)CCO. The van der Waals surface area contributed by atoms with Gasteiger partial charge < -0.3 is 19.4 Å². The summed E-state index contributed by atoms with van der Waals surface area (Å²) < 4.78 is 6.26. The Morgan fingerprint density at radius 2 is 1.37 bits per heavy atom. The van der Waals surface area contributed by atoms with Gasteiger partial charge in [0, 0.05) is 6.42 Å². The summed E-state index contributed by atoms with van der Waals surface area (Å²) >= 11 is 0. The Bertz CT molecular complexity index is 343. The third-order valence-electron chi connectivity index (χ3n) is 5.32. The highest BCUT2D eigenvalue weighted by Crippen LogP contribution is 2.14. The summed E-state index contributed by atoms with van der Waals surface area (Å²) in [6.45, 7) is 6.25. The van der Waals surface area contributed by atoms with Crippen molar-refractivity contribution in [2.45, 2.75) is 97.0 Å². The fourth-order valence-corrected chi connectivity index (χ4v) is 3.60. The molecule has 0 aromatic carbocycles. The van der Waals surface area contributed by atoms with E-state index in [1.807, 2.05) is 7.05 Å². The molecule has 0 aromatic heterocycles. The van der Waals surface area contributed by atoms with E-state index in [4.69, 9.17) is 4.74 Å². The second kappa shape index (κ2) is 17.4. The van der Waals surface area contributed by atoms with Crippen molar-refractivity contribution in [3.63, 3.8) is 0 Å². The molecule has 0 unspecified atom stereocenters. The molecule has 0 aliphatic rings. The van der Waals surface area contributed by atoms with Crippen molar-refractivity contribution in [1.82, 2.24) is 0 Å². The molecular formula is C22H46NO4+. The van der Waals surface area contributed by atoms with E-state index in [-0.39, 0.29) is 25.3 Å². The molecule has 0 aromatic rings. The first-order chi connectivity index (χ1) is 13.0. The van der Waals surface area contributed by atoms with Crippen LogP contribution in [0.15, 0.2) is 0 Å². The molecule has 0 saturated heterocycles. The van der Waals surface area contributed by atoms with Crippen LogP contribution in [0.3, 0.4) is 0 Å². The first-order valence-corrected chi connectivity index (χ1v) is 11.3. The van der Waals surface area contributed by atoms with Gasteiger partial charge in [-0.25, -0.2) is 0 Å². The summed E-state index contributed by atoms with van der Waals surface area (Å²) in [6.07, 6.45) is 13.3. The molecule has 0 aliphatic carbocycles. The second-order valence-corrected chi connectivity index (χ2v) is 8.18. The zero-order valence-corrected chi connectivity index (χ0v) is 18.3. The van der Waals surface area contributed by atoms with E-state index < -0.39 is 0 Å². The van der Waals surface area contributed by atoms with Gasteiger partial charge in [-0.05, 0) is 12.8 Å². The Kier molecular flexibility index (Phi) is 17.0. The van der Waals surface area contributed by atoms with E-state index >= 15 is 0 Å². The average molecular weight is 389 g/mol. The van der Waals surface area contributed by atoms with Crippen LogP contribution in [-0.4, -0.2) is 66.7 Å². The smallest absolute Gasteiger partial charge is 0.306 e. The largest absolute Gasteiger partial charge is 0.456 e. The molecule has 162 valence electrons. The lowest BCUT2D eigenvalue weighted by molar-refractivity contribution is -0.912. The van der Waals surface area contributed by atoms with E-state index in [2.05, 4.69) is 13.8 Å². The molecule has 1 atom stereocenters. The minimum Gasteiger partial charge on any atom is -0.456 e. The number of quaternary nitrogens is 1. The van der Waals surface area contributed by atoms with Gasteiger partial charge in [-0.15, -0.1) is 0 Å². The molecule has 2 N–H and O–H groups in total. The fraction of sp³-hybridized carbons (Fsp3) is 0.955. The molecule has 5 heteroatoms. The monoisotopic (exact) mass is 388 g/mol. The molecule has 0 rings (SSSR count). The summed E-state index contributed by atoms with van der Waals surface area (Å²) in [7, 11) is 2.00. The Labute approximate surface area is 167 Å². The van der Waals surface area contributed by atoms with Gasteiger partial charge in [0.1, 0.15) is 19.6 Å². The quantitative estimate of drug-likeness (QED) is 0.199. The molecular weight excluding hydrogens is 342 g/mol. The third-order valence-corrected chi connectivity index (χ3v) is 5.32. The Balaban J connectivity index is 4.07. The molecule has 0 bridgehead atoms. The number of carbonyl (C=O) groups excluding carboxylic acids is 1. The molecule has 0 amide bonds. The lowest BCUT2D eigenvalue weighted by Gasteiger charge is -2.36. The van der Waals surface area contributed by atoms with E-state index in [0.717, 1.165) is 25.7 Å². The van der Waals surface area contributed by atoms with Crippen LogP contribution >= 0.6 is 0 Å². The number of rotatable bonds is 19. The number of hydrogen-bond acceptors (Lipinski definition) is 4. The zero-order valence-electron chi connectivity index (χ0n) is 18.3. The number of aliphatic hydroxyl groups excluding tert-OH is 2. The minimum atomic E-state index is -0.135. The van der Waals surface area contributed by atoms with Crippen LogP contribution in [-0.2, 0) is 9.53 Å². The highest BCUT2D eigenvalue weighted by Gasteiger charge is 2.27. The standard InChI is InChI=1S/C22H46NO4/c1-4-6-7-8-9-10-11-12-13-15-22(26)27-21(14-5-2)20-23(3,16-18-24)17-19-25/h21,24-25H,4-20H2,1-3H3/q+1/t21-/m1/s1. The van der Waals surface area contributed by atoms with Crippen molar-refractivity contribution in [1.29, 1.82) is 0 Å². The van der Waals surface area contributed by atoms with Crippen LogP contribution < -0.4 is 0 Å². The molecule has 0 saturated carbocycles. The van der Waals surface area contributed by atoms with Gasteiger partial charge >= 0.3 is 5.97 Å². The van der Waals surface area contributed by atoms with Crippen molar-refractivity contribution in [3.05, 3.63) is 0 Å². The van der Waals surface area contributed by atoms with Gasteiger partial charge in [-0.2, -0.15) is 0 Å². The number of aliphatic hydroxyl groups is 2. The number of esters is 1. The molecule has 0 fully saturated rings. The average Bonchev–Trinajstić information content (AvgIpc) is 2.60. The summed E-state index contributed by atoms with van der Waals surface area (Å²) in [5, 5.41) is 18.6. The number of likely N-dealkylation sites (N-methyl/N-ethyl adjacent to an activating group) is 1. The Morgan fingerprint density at radius 1 is 0.852 bits per heavy atom. The number of nitrogens with zero attached hydrogens (tertiary/aromatic N) is 1. The van der Waals surface area contributed by atoms with E-state index in [1.165, 1.54) is 44.9 Å². The molecule has 0 aliphatic heterocycles. The van der Waals surface area contributed by atoms with Crippen molar-refractivity contribution < 1.29 is 24.2 Å². The molecule has 0 spiro atoms. The van der Waals surface area contributed by atoms with Crippen molar-refractivity contribution >= 4 is 5.97 Å². The minimum absolute atomic E-state index is 0.0712. The predicted octanol–water partition coefficient (Wildman–Crippen LogP) is 4.05. The van der Waals surface area contributed by atoms with Crippen LogP contribution in [0.5, 0.6) is 0 Å². The maximum atomic E-state index is 12.2. The van der Waals surface area contributed by atoms with Crippen LogP contribution in [0.4, 0.5) is 0 Å². The molecule has 0 radical (unpaired) electrons. The maximum Gasteiger partial charge on any atom is 0.306 e. The summed E-state index contributed by atoms with van der Waals surface area (Å²) in [5.74, 6) is -0.101. The number of hydrogen-bond donors (Lipinski definition) is 2. The maximum absolute atomic E-state index is 12.2. The van der Waals surface area contributed by atoms with Crippen molar-refractivity contribution in [3.8, 4) is 0 Å². The van der Waals surface area contributed by atoms with Crippen LogP contribution in [0.1, 0.15) is 90.9 Å². The zero-order chi connectivity index (χ0) is 20.4. The Morgan fingerprint density at radius 3 is 1.85 bits per heavy atom. The predicted molar refractivity (Wildman–Crippen MR) is 112 cm³/mol. The number of ether oxygens (including phenoxy) is 1. The van der Waals surface area contributed by atoms with Crippen molar-refractivity contribution in [2.24, 2.45) is 0 Å². The summed E-state index contributed by atoms with van der Waals surface area (Å²) in [4.78, 5) is 12.2. The summed E-state index contributed by atoms with van der Waals surface area (Å²) in [5.41, 5.74) is 0. The van der Waals surface area contributed by atoms with Gasteiger partial charge in [-0.1, -0.05) is 71.6 Å². The lowest BCUT2D eigenvalue weighted by Crippen LogP contribution is -2.52. The van der Waals surface area contributed by atoms with Gasteiger partial charge in [0.25, 0.3) is 0 Å². The molecule has 27 heavy (non-hydrogen) atoms. The third kappa shape index (κ3) is 15.0. The van der Waals surface area contributed by atoms with E-state index in [9.17, 15) is 15.0 Å². The van der Waals surface area contributed by atoms with Gasteiger partial charge in [-0.3, -0.25) is 4.79 Å². The fourth-order valence-electron chi connectivity index (χ4n) is 3.60. The van der Waals surface area contributed by atoms with E-state index in [1.54, 1.807) is 0 Å². The highest BCUT2D eigenvalue weighted by atomic mass is 16.5. The van der Waals surface area contributed by atoms with E-state index in [0.29, 0.717) is 30.5 Å². The number of carbonyl (C=O) groups is 1. The first-order valence-electron chi connectivity index (χ1n) is 11.3. The second-order valence-electron chi connectivity index (χ2n) is 8.18. The topological polar surface area (TPSA) is 66.8 Å². The van der Waals surface area contributed by atoms with Gasteiger partial charge in [0.05, 0.1) is 20.3 Å². The van der Waals surface area contributed by atoms with Gasteiger partial charge in [0.2, 0.25) is 0 Å². The normalized spacial score (nSPS) is 12.9. The van der Waals surface area contributed by atoms with Crippen LogP contribution in [0.25, 0.3) is 0 Å². The highest BCUT2D eigenvalue weighted by molar-refractivity contribution is 5.69. The van der Waals surface area contributed by atoms with Crippen LogP contribution in [0.2, 0.25) is 0 Å². The first kappa shape index (κ1) is 26.4. The van der Waals surface area contributed by atoms with Crippen molar-refractivity contribution in [2.75, 3.05) is 39.9 Å². The lowest BCUT2D eigenvalue weighted by atomic mass is 10.1. The summed E-state index contributed by atoms with van der Waals surface area (Å²) in [6, 6.07) is 0.